The van der Waals surface area contributed by atoms with Crippen LogP contribution in [-0.2, 0) is 0 Å². The molecule has 0 saturated carbocycles. The molecule has 0 aliphatic rings. The number of aromatic carboxylic acids is 1. The largest absolute Gasteiger partial charge is 0.475 e. The first-order valence-corrected chi connectivity index (χ1v) is 5.65. The Morgan fingerprint density at radius 1 is 1.35 bits per heavy atom. The molecule has 2 heterocycles. The zero-order chi connectivity index (χ0) is 14.1. The van der Waals surface area contributed by atoms with E-state index in [1.807, 2.05) is 0 Å². The van der Waals surface area contributed by atoms with Crippen molar-refractivity contribution < 1.29 is 18.8 Å². The molecular formula is C13H8FN3O3. The molecule has 0 saturated heterocycles. The lowest BCUT2D eigenvalue weighted by Gasteiger charge is -2.04. The fourth-order valence-corrected chi connectivity index (χ4v) is 1.78. The van der Waals surface area contributed by atoms with Gasteiger partial charge in [-0.3, -0.25) is 0 Å². The molecule has 0 aliphatic carbocycles. The fourth-order valence-electron chi connectivity index (χ4n) is 1.78. The fraction of sp³-hybridized carbons (Fsp3) is 0. The molecule has 100 valence electrons. The van der Waals surface area contributed by atoms with Crippen LogP contribution in [0.15, 0.2) is 47.2 Å². The molecule has 0 radical (unpaired) electrons. The smallest absolute Gasteiger partial charge is 0.374 e. The number of hydrogen-bond donors (Lipinski definition) is 1. The Hall–Kier alpha value is -2.96. The lowest BCUT2D eigenvalue weighted by atomic mass is 10.1. The normalized spacial score (nSPS) is 10.7. The summed E-state index contributed by atoms with van der Waals surface area (Å²) in [7, 11) is 0. The van der Waals surface area contributed by atoms with Gasteiger partial charge >= 0.3 is 5.97 Å². The van der Waals surface area contributed by atoms with Gasteiger partial charge in [-0.05, 0) is 18.2 Å². The standard InChI is InChI=1S/C13H8FN3O3/c14-9-6-8(10-7-12(13(18)19)20-16-10)2-3-11(9)17-5-1-4-15-17/h1-7H,(H,18,19). The summed E-state index contributed by atoms with van der Waals surface area (Å²) in [4.78, 5) is 10.7. The lowest BCUT2D eigenvalue weighted by Crippen LogP contribution is -1.98. The van der Waals surface area contributed by atoms with Crippen molar-refractivity contribution in [3.63, 3.8) is 0 Å². The maximum absolute atomic E-state index is 14.0. The maximum Gasteiger partial charge on any atom is 0.374 e. The van der Waals surface area contributed by atoms with Gasteiger partial charge in [0.1, 0.15) is 17.2 Å². The van der Waals surface area contributed by atoms with E-state index in [2.05, 4.69) is 14.8 Å². The number of rotatable bonds is 3. The predicted octanol–water partition coefficient (Wildman–Crippen LogP) is 2.36. The van der Waals surface area contributed by atoms with E-state index < -0.39 is 11.8 Å². The third-order valence-electron chi connectivity index (χ3n) is 2.72. The molecule has 20 heavy (non-hydrogen) atoms. The third-order valence-corrected chi connectivity index (χ3v) is 2.72. The molecule has 0 unspecified atom stereocenters. The molecule has 2 aromatic heterocycles. The van der Waals surface area contributed by atoms with Crippen LogP contribution in [-0.4, -0.2) is 26.0 Å². The first-order valence-electron chi connectivity index (χ1n) is 5.65. The van der Waals surface area contributed by atoms with Gasteiger partial charge in [0.05, 0.1) is 0 Å². The van der Waals surface area contributed by atoms with Gasteiger partial charge in [0.15, 0.2) is 0 Å². The average Bonchev–Trinajstić information content (AvgIpc) is 3.10. The number of benzene rings is 1. The van der Waals surface area contributed by atoms with Crippen LogP contribution in [0.4, 0.5) is 4.39 Å². The summed E-state index contributed by atoms with van der Waals surface area (Å²) in [6.07, 6.45) is 3.17. The quantitative estimate of drug-likeness (QED) is 0.792. The van der Waals surface area contributed by atoms with Crippen LogP contribution in [0.1, 0.15) is 10.6 Å². The maximum atomic E-state index is 14.0. The van der Waals surface area contributed by atoms with E-state index >= 15 is 0 Å². The number of carboxylic acid groups (broad SMARTS) is 1. The van der Waals surface area contributed by atoms with Crippen molar-refractivity contribution in [2.75, 3.05) is 0 Å². The minimum Gasteiger partial charge on any atom is -0.475 e. The Labute approximate surface area is 112 Å². The summed E-state index contributed by atoms with van der Waals surface area (Å²) in [6, 6.07) is 7.33. The van der Waals surface area contributed by atoms with Crippen molar-refractivity contribution in [1.29, 1.82) is 0 Å². The van der Waals surface area contributed by atoms with Crippen LogP contribution >= 0.6 is 0 Å². The zero-order valence-corrected chi connectivity index (χ0v) is 10.0. The van der Waals surface area contributed by atoms with E-state index in [1.54, 1.807) is 24.5 Å². The number of halogens is 1. The molecule has 6 nitrogen and oxygen atoms in total. The van der Waals surface area contributed by atoms with Gasteiger partial charge in [0, 0.05) is 24.0 Å². The van der Waals surface area contributed by atoms with Gasteiger partial charge in [0.25, 0.3) is 0 Å². The van der Waals surface area contributed by atoms with Crippen LogP contribution < -0.4 is 0 Å². The Balaban J connectivity index is 1.99. The monoisotopic (exact) mass is 273 g/mol. The Bertz CT molecular complexity index is 765. The van der Waals surface area contributed by atoms with Gasteiger partial charge in [-0.1, -0.05) is 11.2 Å². The molecule has 7 heteroatoms. The highest BCUT2D eigenvalue weighted by Gasteiger charge is 2.14. The lowest BCUT2D eigenvalue weighted by molar-refractivity contribution is 0.0652. The molecule has 0 bridgehead atoms. The molecule has 0 fully saturated rings. The second-order valence-electron chi connectivity index (χ2n) is 4.00. The SMILES string of the molecule is O=C(O)c1cc(-c2ccc(-n3cccn3)c(F)c2)no1. The number of hydrogen-bond acceptors (Lipinski definition) is 4. The molecule has 0 amide bonds. The van der Waals surface area contributed by atoms with Crippen molar-refractivity contribution in [2.24, 2.45) is 0 Å². The predicted molar refractivity (Wildman–Crippen MR) is 66.0 cm³/mol. The van der Waals surface area contributed by atoms with Gasteiger partial charge in [-0.2, -0.15) is 5.10 Å². The first kappa shape index (κ1) is 12.1. The summed E-state index contributed by atoms with van der Waals surface area (Å²) in [5, 5.41) is 16.3. The summed E-state index contributed by atoms with van der Waals surface area (Å²) in [5.74, 6) is -2.01. The molecular weight excluding hydrogens is 265 g/mol. The molecule has 0 atom stereocenters. The van der Waals surface area contributed by atoms with Crippen LogP contribution in [0, 0.1) is 5.82 Å². The van der Waals surface area contributed by atoms with Crippen LogP contribution in [0.5, 0.6) is 0 Å². The third kappa shape index (κ3) is 2.05. The number of carbonyl (C=O) groups is 1. The molecule has 1 aromatic carbocycles. The second kappa shape index (κ2) is 4.61. The number of nitrogens with zero attached hydrogens (tertiary/aromatic N) is 3. The summed E-state index contributed by atoms with van der Waals surface area (Å²) in [6.45, 7) is 0. The van der Waals surface area contributed by atoms with Crippen LogP contribution in [0.2, 0.25) is 0 Å². The Morgan fingerprint density at radius 3 is 2.80 bits per heavy atom. The number of carboxylic acids is 1. The van der Waals surface area contributed by atoms with Crippen molar-refractivity contribution >= 4 is 5.97 Å². The Morgan fingerprint density at radius 2 is 2.20 bits per heavy atom. The molecule has 3 rings (SSSR count). The highest BCUT2D eigenvalue weighted by Crippen LogP contribution is 2.23. The molecule has 0 aliphatic heterocycles. The van der Waals surface area contributed by atoms with E-state index in [-0.39, 0.29) is 11.5 Å². The van der Waals surface area contributed by atoms with Crippen molar-refractivity contribution in [3.05, 3.63) is 54.3 Å². The summed E-state index contributed by atoms with van der Waals surface area (Å²) >= 11 is 0. The minimum atomic E-state index is -1.22. The van der Waals surface area contributed by atoms with Gasteiger partial charge < -0.3 is 9.63 Å². The van der Waals surface area contributed by atoms with E-state index in [4.69, 9.17) is 5.11 Å². The summed E-state index contributed by atoms with van der Waals surface area (Å²) in [5.41, 5.74) is 0.976. The summed E-state index contributed by atoms with van der Waals surface area (Å²) < 4.78 is 20.1. The van der Waals surface area contributed by atoms with Gasteiger partial charge in [0.2, 0.25) is 5.76 Å². The topological polar surface area (TPSA) is 81.1 Å². The van der Waals surface area contributed by atoms with E-state index in [9.17, 15) is 9.18 Å². The second-order valence-corrected chi connectivity index (χ2v) is 4.00. The molecule has 0 spiro atoms. The molecule has 3 aromatic rings. The first-order chi connectivity index (χ1) is 9.65. The van der Waals surface area contributed by atoms with Crippen molar-refractivity contribution in [1.82, 2.24) is 14.9 Å². The van der Waals surface area contributed by atoms with Crippen LogP contribution in [0.25, 0.3) is 16.9 Å². The van der Waals surface area contributed by atoms with Crippen molar-refractivity contribution in [3.8, 4) is 16.9 Å². The van der Waals surface area contributed by atoms with E-state index in [0.29, 0.717) is 11.3 Å². The van der Waals surface area contributed by atoms with E-state index in [1.165, 1.54) is 22.9 Å². The minimum absolute atomic E-state index is 0.258. The van der Waals surface area contributed by atoms with E-state index in [0.717, 1.165) is 0 Å². The van der Waals surface area contributed by atoms with Crippen LogP contribution in [0.3, 0.4) is 0 Å². The van der Waals surface area contributed by atoms with Gasteiger partial charge in [-0.15, -0.1) is 0 Å². The zero-order valence-electron chi connectivity index (χ0n) is 10.0. The average molecular weight is 273 g/mol. The van der Waals surface area contributed by atoms with Crippen molar-refractivity contribution in [2.45, 2.75) is 0 Å². The molecule has 1 N–H and O–H groups in total. The Kier molecular flexibility index (Phi) is 2.79. The van der Waals surface area contributed by atoms with Gasteiger partial charge in [-0.25, -0.2) is 13.9 Å². The highest BCUT2D eigenvalue weighted by atomic mass is 19.1. The highest BCUT2D eigenvalue weighted by molar-refractivity contribution is 5.85. The number of aromatic nitrogens is 3.